The van der Waals surface area contributed by atoms with Crippen LogP contribution in [0.3, 0.4) is 0 Å². The van der Waals surface area contributed by atoms with E-state index in [2.05, 4.69) is 10.6 Å². The van der Waals surface area contributed by atoms with Crippen LogP contribution in [0.25, 0.3) is 6.08 Å². The van der Waals surface area contributed by atoms with E-state index in [0.717, 1.165) is 0 Å². The van der Waals surface area contributed by atoms with E-state index in [1.807, 2.05) is 0 Å². The summed E-state index contributed by atoms with van der Waals surface area (Å²) in [5, 5.41) is 13.6. The number of rotatable bonds is 6. The number of hydrogen-bond acceptors (Lipinski definition) is 3. The van der Waals surface area contributed by atoms with Crippen molar-refractivity contribution < 1.29 is 19.5 Å². The van der Waals surface area contributed by atoms with Gasteiger partial charge in [-0.1, -0.05) is 29.3 Å². The van der Waals surface area contributed by atoms with E-state index in [4.69, 9.17) is 28.3 Å². The highest BCUT2D eigenvalue weighted by molar-refractivity contribution is 6.42. The molecule has 6 nitrogen and oxygen atoms in total. The van der Waals surface area contributed by atoms with Crippen LogP contribution in [0.15, 0.2) is 24.3 Å². The molecular weight excluding hydrogens is 319 g/mol. The second-order valence-electron chi connectivity index (χ2n) is 3.90. The Balaban J connectivity index is 2.42. The molecule has 0 aliphatic carbocycles. The average molecular weight is 331 g/mol. The van der Waals surface area contributed by atoms with E-state index in [-0.39, 0.29) is 6.54 Å². The third-order valence-electron chi connectivity index (χ3n) is 2.23. The molecule has 8 heteroatoms. The lowest BCUT2D eigenvalue weighted by Gasteiger charge is -2.03. The molecule has 0 heterocycles. The molecule has 21 heavy (non-hydrogen) atoms. The predicted octanol–water partition coefficient (Wildman–Crippen LogP) is 1.32. The van der Waals surface area contributed by atoms with E-state index < -0.39 is 24.3 Å². The van der Waals surface area contributed by atoms with Crippen molar-refractivity contribution in [3.8, 4) is 0 Å². The number of carbonyl (C=O) groups excluding carboxylic acids is 2. The molecule has 112 valence electrons. The second kappa shape index (κ2) is 8.28. The third kappa shape index (κ3) is 6.78. The Morgan fingerprint density at radius 2 is 1.81 bits per heavy atom. The molecular formula is C13H12Cl2N2O4. The van der Waals surface area contributed by atoms with Crippen molar-refractivity contribution in [3.05, 3.63) is 39.9 Å². The molecule has 0 atom stereocenters. The van der Waals surface area contributed by atoms with Crippen LogP contribution in [-0.4, -0.2) is 36.0 Å². The predicted molar refractivity (Wildman–Crippen MR) is 79.2 cm³/mol. The molecule has 3 N–H and O–H groups in total. The first-order valence-corrected chi connectivity index (χ1v) is 6.53. The van der Waals surface area contributed by atoms with Crippen molar-refractivity contribution in [1.82, 2.24) is 10.6 Å². The number of nitrogens with one attached hydrogen (secondary N) is 2. The summed E-state index contributed by atoms with van der Waals surface area (Å²) in [6, 6.07) is 4.87. The first-order chi connectivity index (χ1) is 9.88. The number of carboxylic acid groups (broad SMARTS) is 1. The van der Waals surface area contributed by atoms with Gasteiger partial charge in [-0.2, -0.15) is 0 Å². The van der Waals surface area contributed by atoms with Crippen LogP contribution >= 0.6 is 23.2 Å². The lowest BCUT2D eigenvalue weighted by atomic mass is 10.2. The zero-order chi connectivity index (χ0) is 15.8. The smallest absolute Gasteiger partial charge is 0.322 e. The van der Waals surface area contributed by atoms with Crippen LogP contribution in [0.5, 0.6) is 0 Å². The summed E-state index contributed by atoms with van der Waals surface area (Å²) in [6.07, 6.45) is 2.73. The van der Waals surface area contributed by atoms with Crippen molar-refractivity contribution in [1.29, 1.82) is 0 Å². The Kier molecular flexibility index (Phi) is 6.71. The number of halogens is 2. The Morgan fingerprint density at radius 3 is 2.43 bits per heavy atom. The lowest BCUT2D eigenvalue weighted by molar-refractivity contribution is -0.137. The van der Waals surface area contributed by atoms with Gasteiger partial charge in [0.25, 0.3) is 0 Å². The summed E-state index contributed by atoms with van der Waals surface area (Å²) in [4.78, 5) is 32.8. The molecule has 0 spiro atoms. The topological polar surface area (TPSA) is 95.5 Å². The molecule has 0 aromatic heterocycles. The number of hydrogen-bond donors (Lipinski definition) is 3. The van der Waals surface area contributed by atoms with E-state index in [0.29, 0.717) is 15.6 Å². The number of amides is 2. The summed E-state index contributed by atoms with van der Waals surface area (Å²) in [7, 11) is 0. The first kappa shape index (κ1) is 17.0. The van der Waals surface area contributed by atoms with Crippen molar-refractivity contribution in [3.63, 3.8) is 0 Å². The van der Waals surface area contributed by atoms with Crippen molar-refractivity contribution in [2.24, 2.45) is 0 Å². The van der Waals surface area contributed by atoms with Gasteiger partial charge < -0.3 is 15.7 Å². The Hall–Kier alpha value is -2.05. The van der Waals surface area contributed by atoms with Gasteiger partial charge in [0, 0.05) is 6.08 Å². The number of carboxylic acids is 1. The zero-order valence-electron chi connectivity index (χ0n) is 10.7. The van der Waals surface area contributed by atoms with Crippen molar-refractivity contribution in [2.45, 2.75) is 0 Å². The minimum atomic E-state index is -1.16. The molecule has 2 amide bonds. The molecule has 0 radical (unpaired) electrons. The lowest BCUT2D eigenvalue weighted by Crippen LogP contribution is -2.38. The van der Waals surface area contributed by atoms with E-state index in [1.165, 1.54) is 12.2 Å². The highest BCUT2D eigenvalue weighted by atomic mass is 35.5. The molecule has 1 aromatic rings. The Morgan fingerprint density at radius 1 is 1.10 bits per heavy atom. The minimum Gasteiger partial charge on any atom is -0.480 e. The van der Waals surface area contributed by atoms with Gasteiger partial charge in [0.15, 0.2) is 0 Å². The second-order valence-corrected chi connectivity index (χ2v) is 4.71. The minimum absolute atomic E-state index is 0.308. The number of carbonyl (C=O) groups is 3. The van der Waals surface area contributed by atoms with Gasteiger partial charge in [-0.15, -0.1) is 0 Å². The van der Waals surface area contributed by atoms with Gasteiger partial charge in [-0.25, -0.2) is 0 Å². The van der Waals surface area contributed by atoms with Crippen LogP contribution < -0.4 is 10.6 Å². The highest BCUT2D eigenvalue weighted by Gasteiger charge is 2.04. The molecule has 0 unspecified atom stereocenters. The average Bonchev–Trinajstić information content (AvgIpc) is 2.44. The van der Waals surface area contributed by atoms with E-state index in [9.17, 15) is 14.4 Å². The van der Waals surface area contributed by atoms with Gasteiger partial charge in [-0.05, 0) is 23.8 Å². The SMILES string of the molecule is O=C(O)CNC(=O)CNC(=O)/C=C/c1ccc(Cl)c(Cl)c1. The highest BCUT2D eigenvalue weighted by Crippen LogP contribution is 2.22. The molecule has 1 aromatic carbocycles. The fourth-order valence-corrected chi connectivity index (χ4v) is 1.56. The molecule has 1 rings (SSSR count). The zero-order valence-corrected chi connectivity index (χ0v) is 12.2. The van der Waals surface area contributed by atoms with Crippen LogP contribution in [0.4, 0.5) is 0 Å². The Labute approximate surface area is 130 Å². The first-order valence-electron chi connectivity index (χ1n) is 5.78. The van der Waals surface area contributed by atoms with Gasteiger partial charge in [-0.3, -0.25) is 14.4 Å². The molecule has 0 fully saturated rings. The summed E-state index contributed by atoms with van der Waals surface area (Å²) in [6.45, 7) is -0.800. The normalized spacial score (nSPS) is 10.4. The van der Waals surface area contributed by atoms with Crippen LogP contribution in [0.1, 0.15) is 5.56 Å². The van der Waals surface area contributed by atoms with E-state index >= 15 is 0 Å². The number of benzene rings is 1. The molecule has 0 bridgehead atoms. The summed E-state index contributed by atoms with van der Waals surface area (Å²) in [5.74, 6) is -2.24. The van der Waals surface area contributed by atoms with Crippen LogP contribution in [0, 0.1) is 0 Å². The largest absolute Gasteiger partial charge is 0.480 e. The summed E-state index contributed by atoms with van der Waals surface area (Å²) >= 11 is 11.6. The van der Waals surface area contributed by atoms with Gasteiger partial charge in [0.05, 0.1) is 16.6 Å². The maximum absolute atomic E-state index is 11.5. The number of aliphatic carboxylic acids is 1. The van der Waals surface area contributed by atoms with Crippen molar-refractivity contribution in [2.75, 3.05) is 13.1 Å². The summed E-state index contributed by atoms with van der Waals surface area (Å²) in [5.41, 5.74) is 0.676. The molecule has 0 saturated carbocycles. The molecule has 0 aliphatic heterocycles. The molecule has 0 aliphatic rings. The molecule has 0 saturated heterocycles. The summed E-state index contributed by atoms with van der Waals surface area (Å²) < 4.78 is 0. The third-order valence-corrected chi connectivity index (χ3v) is 2.97. The van der Waals surface area contributed by atoms with Gasteiger partial charge >= 0.3 is 5.97 Å². The van der Waals surface area contributed by atoms with Gasteiger partial charge in [0.2, 0.25) is 11.8 Å². The fraction of sp³-hybridized carbons (Fsp3) is 0.154. The monoisotopic (exact) mass is 330 g/mol. The van der Waals surface area contributed by atoms with Gasteiger partial charge in [0.1, 0.15) is 6.54 Å². The standard InChI is InChI=1S/C13H12Cl2N2O4/c14-9-3-1-8(5-10(9)15)2-4-11(18)16-6-12(19)17-7-13(20)21/h1-5H,6-7H2,(H,16,18)(H,17,19)(H,20,21)/b4-2+. The Bertz CT molecular complexity index is 588. The van der Waals surface area contributed by atoms with E-state index in [1.54, 1.807) is 18.2 Å². The fourth-order valence-electron chi connectivity index (χ4n) is 1.25. The van der Waals surface area contributed by atoms with Crippen LogP contribution in [0.2, 0.25) is 10.0 Å². The van der Waals surface area contributed by atoms with Crippen molar-refractivity contribution >= 4 is 47.1 Å². The quantitative estimate of drug-likeness (QED) is 0.685. The maximum atomic E-state index is 11.5. The van der Waals surface area contributed by atoms with Crippen LogP contribution in [-0.2, 0) is 14.4 Å². The maximum Gasteiger partial charge on any atom is 0.322 e.